The van der Waals surface area contributed by atoms with Crippen LogP contribution in [0, 0.1) is 5.92 Å². The van der Waals surface area contributed by atoms with E-state index in [4.69, 9.17) is 11.5 Å². The summed E-state index contributed by atoms with van der Waals surface area (Å²) in [6.07, 6.45) is 13.0. The van der Waals surface area contributed by atoms with Gasteiger partial charge in [-0.25, -0.2) is 16.6 Å². The van der Waals surface area contributed by atoms with Crippen LogP contribution in [0.2, 0.25) is 0 Å². The lowest BCUT2D eigenvalue weighted by Crippen LogP contribution is -2.24. The topological polar surface area (TPSA) is 139 Å². The van der Waals surface area contributed by atoms with Crippen LogP contribution in [-0.4, -0.2) is 35.8 Å². The van der Waals surface area contributed by atoms with Gasteiger partial charge in [-0.15, -0.1) is 0 Å². The summed E-state index contributed by atoms with van der Waals surface area (Å²) in [7, 11) is -4.81. The van der Waals surface area contributed by atoms with Crippen molar-refractivity contribution >= 4 is 42.8 Å². The fourth-order valence-corrected chi connectivity index (χ4v) is 8.20. The van der Waals surface area contributed by atoms with Crippen LogP contribution in [-0.2, 0) is 27.6 Å². The highest BCUT2D eigenvalue weighted by molar-refractivity contribution is 7.90. The minimum atomic E-state index is -3.69. The van der Waals surface area contributed by atoms with Crippen LogP contribution < -0.4 is 11.5 Å². The van der Waals surface area contributed by atoms with Gasteiger partial charge in [0.25, 0.3) is 10.0 Å². The Bertz CT molecular complexity index is 1830. The predicted molar refractivity (Wildman–Crippen MR) is 175 cm³/mol. The van der Waals surface area contributed by atoms with E-state index in [-0.39, 0.29) is 10.1 Å². The quantitative estimate of drug-likeness (QED) is 0.233. The fraction of sp³-hybridized carbons (Fsp3) is 0.312. The molecule has 0 saturated heterocycles. The molecule has 4 heterocycles. The third-order valence-electron chi connectivity index (χ3n) is 7.17. The monoisotopic (exact) mass is 620 g/mol. The van der Waals surface area contributed by atoms with Crippen molar-refractivity contribution in [3.63, 3.8) is 0 Å². The maximum atomic E-state index is 12.9. The Labute approximate surface area is 256 Å². The molecule has 228 valence electrons. The first-order valence-electron chi connectivity index (χ1n) is 14.5. The molecule has 0 bridgehead atoms. The van der Waals surface area contributed by atoms with Crippen molar-refractivity contribution in [3.8, 4) is 0 Å². The third kappa shape index (κ3) is 6.80. The number of benzene rings is 1. The van der Waals surface area contributed by atoms with Gasteiger partial charge in [0.1, 0.15) is 11.0 Å². The first kappa shape index (κ1) is 32.3. The Kier molecular flexibility index (Phi) is 10.7. The third-order valence-corrected chi connectivity index (χ3v) is 10.6. The van der Waals surface area contributed by atoms with Gasteiger partial charge in [-0.3, -0.25) is 13.9 Å². The lowest BCUT2D eigenvalue weighted by atomic mass is 9.98. The zero-order valence-electron chi connectivity index (χ0n) is 25.0. The zero-order chi connectivity index (χ0) is 31.1. The van der Waals surface area contributed by atoms with Gasteiger partial charge in [-0.2, -0.15) is 0 Å². The van der Waals surface area contributed by atoms with E-state index in [1.807, 2.05) is 30.0 Å². The van der Waals surface area contributed by atoms with Crippen molar-refractivity contribution in [2.45, 2.75) is 63.3 Å². The number of allylic oxidation sites excluding steroid dienone is 1. The van der Waals surface area contributed by atoms with Gasteiger partial charge in [0.05, 0.1) is 26.9 Å². The van der Waals surface area contributed by atoms with Crippen molar-refractivity contribution in [3.05, 3.63) is 103 Å². The molecule has 0 fully saturated rings. The normalized spacial score (nSPS) is 17.9. The molecule has 1 aromatic carbocycles. The van der Waals surface area contributed by atoms with Gasteiger partial charge in [-0.1, -0.05) is 51.1 Å². The molecule has 1 aliphatic rings. The summed E-state index contributed by atoms with van der Waals surface area (Å²) in [5.41, 5.74) is 14.7. The van der Waals surface area contributed by atoms with Gasteiger partial charge in [-0.05, 0) is 62.1 Å². The first-order valence-corrected chi connectivity index (χ1v) is 17.1. The van der Waals surface area contributed by atoms with Crippen molar-refractivity contribution in [2.75, 3.05) is 0 Å². The summed E-state index contributed by atoms with van der Waals surface area (Å²) in [6.45, 7) is 8.34. The lowest BCUT2D eigenvalue weighted by Gasteiger charge is -2.21. The molecule has 9 nitrogen and oxygen atoms in total. The molecular weight excluding hydrogens is 581 g/mol. The van der Waals surface area contributed by atoms with Crippen molar-refractivity contribution in [1.29, 1.82) is 0 Å². The molecule has 0 amide bonds. The summed E-state index contributed by atoms with van der Waals surface area (Å²) in [4.78, 5) is 8.39. The van der Waals surface area contributed by atoms with E-state index in [2.05, 4.69) is 29.0 Å². The summed E-state index contributed by atoms with van der Waals surface area (Å²) in [5.74, 6) is 0.586. The molecule has 0 spiro atoms. The van der Waals surface area contributed by atoms with E-state index in [9.17, 15) is 12.6 Å². The number of hydrogen-bond donors (Lipinski definition) is 2. The Morgan fingerprint density at radius 1 is 0.953 bits per heavy atom. The lowest BCUT2D eigenvalue weighted by molar-refractivity contribution is 0.578. The summed E-state index contributed by atoms with van der Waals surface area (Å²) in [6, 6.07) is 15.3. The molecule has 3 unspecified atom stereocenters. The maximum absolute atomic E-state index is 12.9. The number of pyridine rings is 2. The Hall–Kier alpha value is -3.64. The number of hydrogen-bond acceptors (Lipinski definition) is 7. The molecule has 11 heteroatoms. The van der Waals surface area contributed by atoms with E-state index >= 15 is 0 Å². The molecule has 4 atom stereocenters. The smallest absolute Gasteiger partial charge is 0.268 e. The van der Waals surface area contributed by atoms with E-state index in [0.717, 1.165) is 34.8 Å². The number of fused-ring (bicyclic) bond motifs is 2. The minimum Gasteiger partial charge on any atom is -0.325 e. The summed E-state index contributed by atoms with van der Waals surface area (Å²) < 4.78 is 41.9. The van der Waals surface area contributed by atoms with Gasteiger partial charge in [0.15, 0.2) is 0 Å². The number of nitrogens with two attached hydrogens (primary N) is 2. The molecule has 43 heavy (non-hydrogen) atoms. The van der Waals surface area contributed by atoms with Crippen LogP contribution in [0.15, 0.2) is 96.4 Å². The second kappa shape index (κ2) is 14.2. The number of nitrogens with zero attached hydrogens (tertiary/aromatic N) is 4. The van der Waals surface area contributed by atoms with Crippen molar-refractivity contribution < 1.29 is 12.6 Å². The SMILES string of the molecule is CC.CC(N)c1cc2cnccc2n1S(=O)(=O)c1ccccc1.C[C@H]1C=CC(S(=O)n2c(CN)cc3cnccc32)CC1. The number of rotatable bonds is 6. The fourth-order valence-electron chi connectivity index (χ4n) is 5.01. The standard InChI is InChI=1S/C15H15N3O2S.C15H19N3OS.C2H6/c1-11(16)15-9-12-10-17-8-7-14(12)18(15)21(19,20)13-5-3-2-4-6-13;1-11-2-4-14(5-3-11)20(19)18-13(9-16)8-12-10-17-7-6-15(12)18;1-2/h2-11H,16H2,1H3;2,4,6-8,10-11,14H,3,5,9,16H2,1H3;1-2H3/t;11-,14?,20?;/m.0./s1. The van der Waals surface area contributed by atoms with E-state index in [0.29, 0.717) is 23.7 Å². The van der Waals surface area contributed by atoms with E-state index in [1.165, 1.54) is 3.97 Å². The summed E-state index contributed by atoms with van der Waals surface area (Å²) in [5, 5.41) is 1.82. The van der Waals surface area contributed by atoms with Crippen LogP contribution in [0.4, 0.5) is 0 Å². The highest BCUT2D eigenvalue weighted by Crippen LogP contribution is 2.28. The Morgan fingerprint density at radius 3 is 2.16 bits per heavy atom. The highest BCUT2D eigenvalue weighted by atomic mass is 32.2. The largest absolute Gasteiger partial charge is 0.325 e. The average Bonchev–Trinajstić information content (AvgIpc) is 3.62. The Balaban J connectivity index is 0.000000186. The molecule has 6 rings (SSSR count). The molecule has 0 saturated carbocycles. The maximum Gasteiger partial charge on any atom is 0.268 e. The number of aromatic nitrogens is 4. The second-order valence-corrected chi connectivity index (χ2v) is 13.5. The van der Waals surface area contributed by atoms with Crippen LogP contribution in [0.1, 0.15) is 58.0 Å². The summed E-state index contributed by atoms with van der Waals surface area (Å²) >= 11 is 0. The van der Waals surface area contributed by atoms with Gasteiger partial charge >= 0.3 is 0 Å². The van der Waals surface area contributed by atoms with Crippen LogP contribution in [0.5, 0.6) is 0 Å². The second-order valence-electron chi connectivity index (χ2n) is 10.2. The van der Waals surface area contributed by atoms with Crippen LogP contribution >= 0.6 is 0 Å². The molecule has 5 aromatic rings. The molecule has 0 radical (unpaired) electrons. The van der Waals surface area contributed by atoms with Crippen molar-refractivity contribution in [2.24, 2.45) is 17.4 Å². The predicted octanol–water partition coefficient (Wildman–Crippen LogP) is 5.68. The molecule has 0 aliphatic heterocycles. The van der Waals surface area contributed by atoms with Gasteiger partial charge in [0, 0.05) is 53.8 Å². The molecule has 4 N–H and O–H groups in total. The van der Waals surface area contributed by atoms with E-state index in [1.54, 1.807) is 74.2 Å². The zero-order valence-corrected chi connectivity index (χ0v) is 26.6. The van der Waals surface area contributed by atoms with Crippen LogP contribution in [0.3, 0.4) is 0 Å². The molecule has 4 aromatic heterocycles. The Morgan fingerprint density at radius 2 is 1.58 bits per heavy atom. The first-order chi connectivity index (χ1) is 20.7. The highest BCUT2D eigenvalue weighted by Gasteiger charge is 2.25. The average molecular weight is 621 g/mol. The van der Waals surface area contributed by atoms with Gasteiger partial charge < -0.3 is 11.5 Å². The van der Waals surface area contributed by atoms with Crippen LogP contribution in [0.25, 0.3) is 21.8 Å². The molecular formula is C32H40N6O3S2. The molecule has 1 aliphatic carbocycles. The van der Waals surface area contributed by atoms with Gasteiger partial charge in [0.2, 0.25) is 0 Å². The minimum absolute atomic E-state index is 0.0697. The van der Waals surface area contributed by atoms with E-state index < -0.39 is 27.1 Å². The van der Waals surface area contributed by atoms with Crippen molar-refractivity contribution in [1.82, 2.24) is 17.9 Å².